The Bertz CT molecular complexity index is 1110. The Morgan fingerprint density at radius 1 is 0.871 bits per heavy atom. The highest BCUT2D eigenvalue weighted by Gasteiger charge is 2.19. The Morgan fingerprint density at radius 2 is 1.58 bits per heavy atom. The lowest BCUT2D eigenvalue weighted by atomic mass is 10.2. The van der Waals surface area contributed by atoms with Gasteiger partial charge in [0.1, 0.15) is 5.82 Å². The maximum absolute atomic E-state index is 12.9. The van der Waals surface area contributed by atoms with E-state index in [0.717, 1.165) is 30.2 Å². The van der Waals surface area contributed by atoms with E-state index >= 15 is 0 Å². The van der Waals surface area contributed by atoms with E-state index in [9.17, 15) is 4.79 Å². The lowest BCUT2D eigenvalue weighted by molar-refractivity contribution is 0.101. The molecule has 31 heavy (non-hydrogen) atoms. The Kier molecular flexibility index (Phi) is 5.14. The van der Waals surface area contributed by atoms with E-state index < -0.39 is 0 Å². The van der Waals surface area contributed by atoms with Crippen LogP contribution in [-0.4, -0.2) is 38.7 Å². The largest absolute Gasteiger partial charge is 0.357 e. The molecular weight excluding hydrogens is 388 g/mol. The maximum Gasteiger partial charge on any atom is 0.295 e. The van der Waals surface area contributed by atoms with Crippen molar-refractivity contribution in [3.8, 4) is 17.1 Å². The Balaban J connectivity index is 1.42. The van der Waals surface area contributed by atoms with Crippen LogP contribution in [0.4, 0.5) is 11.5 Å². The number of anilines is 2. The van der Waals surface area contributed by atoms with Crippen LogP contribution in [-0.2, 0) is 0 Å². The fourth-order valence-electron chi connectivity index (χ4n) is 3.71. The van der Waals surface area contributed by atoms with Gasteiger partial charge in [-0.1, -0.05) is 48.5 Å². The summed E-state index contributed by atoms with van der Waals surface area (Å²) in [5.74, 6) is 1.28. The summed E-state index contributed by atoms with van der Waals surface area (Å²) in [6.07, 6.45) is 4.07. The molecule has 1 aliphatic heterocycles. The van der Waals surface area contributed by atoms with Gasteiger partial charge in [-0.05, 0) is 37.1 Å². The number of nitrogens with one attached hydrogen (secondary N) is 1. The summed E-state index contributed by atoms with van der Waals surface area (Å²) in [6, 6.07) is 23.2. The number of carbonyl (C=O) groups is 1. The number of aromatic nitrogens is 4. The third kappa shape index (κ3) is 4.02. The van der Waals surface area contributed by atoms with Crippen molar-refractivity contribution < 1.29 is 4.79 Å². The van der Waals surface area contributed by atoms with Crippen molar-refractivity contribution in [1.82, 2.24) is 19.7 Å². The number of nitrogens with zero attached hydrogens (tertiary/aromatic N) is 5. The molecule has 3 heterocycles. The fraction of sp³-hybridized carbons (Fsp3) is 0.167. The number of pyridine rings is 1. The SMILES string of the molecule is O=C(Nc1ccc(N2CCCC2)nc1)c1nc(-c2ccccc2)n(-c2ccccc2)n1. The van der Waals surface area contributed by atoms with Gasteiger partial charge in [0.05, 0.1) is 17.6 Å². The lowest BCUT2D eigenvalue weighted by Gasteiger charge is -2.16. The average molecular weight is 410 g/mol. The monoisotopic (exact) mass is 410 g/mol. The van der Waals surface area contributed by atoms with Crippen LogP contribution in [0.1, 0.15) is 23.5 Å². The van der Waals surface area contributed by atoms with Crippen molar-refractivity contribution in [1.29, 1.82) is 0 Å². The zero-order valence-electron chi connectivity index (χ0n) is 17.0. The van der Waals surface area contributed by atoms with Crippen molar-refractivity contribution in [2.45, 2.75) is 12.8 Å². The first kappa shape index (κ1) is 19.0. The number of carbonyl (C=O) groups excluding carboxylic acids is 1. The predicted octanol–water partition coefficient (Wildman–Crippen LogP) is 4.18. The van der Waals surface area contributed by atoms with Crippen LogP contribution >= 0.6 is 0 Å². The molecule has 5 rings (SSSR count). The molecule has 0 radical (unpaired) electrons. The van der Waals surface area contributed by atoms with Gasteiger partial charge in [0, 0.05) is 18.7 Å². The molecule has 0 bridgehead atoms. The summed E-state index contributed by atoms with van der Waals surface area (Å²) in [7, 11) is 0. The third-order valence-corrected chi connectivity index (χ3v) is 5.28. The smallest absolute Gasteiger partial charge is 0.295 e. The second kappa shape index (κ2) is 8.39. The Labute approximate surface area is 180 Å². The summed E-state index contributed by atoms with van der Waals surface area (Å²) < 4.78 is 1.69. The van der Waals surface area contributed by atoms with Crippen molar-refractivity contribution in [2.75, 3.05) is 23.3 Å². The highest BCUT2D eigenvalue weighted by Crippen LogP contribution is 2.22. The van der Waals surface area contributed by atoms with E-state index in [1.165, 1.54) is 12.8 Å². The molecule has 1 saturated heterocycles. The molecule has 2 aromatic heterocycles. The molecule has 7 heteroatoms. The summed E-state index contributed by atoms with van der Waals surface area (Å²) in [5, 5.41) is 7.36. The number of para-hydroxylation sites is 1. The molecule has 0 atom stereocenters. The van der Waals surface area contributed by atoms with Gasteiger partial charge in [0.25, 0.3) is 5.91 Å². The first-order valence-corrected chi connectivity index (χ1v) is 10.4. The first-order chi connectivity index (χ1) is 15.3. The van der Waals surface area contributed by atoms with Crippen LogP contribution in [0.25, 0.3) is 17.1 Å². The Morgan fingerprint density at radius 3 is 2.26 bits per heavy atom. The van der Waals surface area contributed by atoms with Crippen LogP contribution in [0, 0.1) is 0 Å². The molecule has 0 saturated carbocycles. The molecule has 7 nitrogen and oxygen atoms in total. The minimum absolute atomic E-state index is 0.103. The molecule has 1 aliphatic rings. The number of hydrogen-bond donors (Lipinski definition) is 1. The molecule has 154 valence electrons. The summed E-state index contributed by atoms with van der Waals surface area (Å²) in [4.78, 5) is 24.2. The van der Waals surface area contributed by atoms with Gasteiger partial charge in [0.15, 0.2) is 5.82 Å². The minimum Gasteiger partial charge on any atom is -0.357 e. The molecule has 0 unspecified atom stereocenters. The van der Waals surface area contributed by atoms with Crippen molar-refractivity contribution in [3.63, 3.8) is 0 Å². The zero-order valence-corrected chi connectivity index (χ0v) is 17.0. The van der Waals surface area contributed by atoms with E-state index in [1.807, 2.05) is 72.8 Å². The lowest BCUT2D eigenvalue weighted by Crippen LogP contribution is -2.19. The van der Waals surface area contributed by atoms with Crippen LogP contribution in [0.15, 0.2) is 79.0 Å². The molecule has 1 N–H and O–H groups in total. The number of rotatable bonds is 5. The van der Waals surface area contributed by atoms with E-state index in [2.05, 4.69) is 25.3 Å². The quantitative estimate of drug-likeness (QED) is 0.534. The number of hydrogen-bond acceptors (Lipinski definition) is 5. The van der Waals surface area contributed by atoms with Crippen molar-refractivity contribution >= 4 is 17.4 Å². The second-order valence-electron chi connectivity index (χ2n) is 7.43. The van der Waals surface area contributed by atoms with Gasteiger partial charge in [0.2, 0.25) is 5.82 Å². The molecule has 2 aromatic carbocycles. The minimum atomic E-state index is -0.373. The molecule has 0 spiro atoms. The van der Waals surface area contributed by atoms with Crippen molar-refractivity contribution in [3.05, 3.63) is 84.8 Å². The zero-order chi connectivity index (χ0) is 21.0. The number of amides is 1. The van der Waals surface area contributed by atoms with Gasteiger partial charge >= 0.3 is 0 Å². The van der Waals surface area contributed by atoms with E-state index in [4.69, 9.17) is 0 Å². The third-order valence-electron chi connectivity index (χ3n) is 5.28. The van der Waals surface area contributed by atoms with Gasteiger partial charge in [-0.3, -0.25) is 4.79 Å². The standard InChI is InChI=1S/C24H22N6O/c31-24(26-19-13-14-21(25-17-19)29-15-7-8-16-29)22-27-23(18-9-3-1-4-10-18)30(28-22)20-11-5-2-6-12-20/h1-6,9-14,17H,7-8,15-16H2,(H,26,31). The van der Waals surface area contributed by atoms with Crippen LogP contribution in [0.3, 0.4) is 0 Å². The second-order valence-corrected chi connectivity index (χ2v) is 7.43. The normalized spacial score (nSPS) is 13.4. The van der Waals surface area contributed by atoms with Gasteiger partial charge in [-0.15, -0.1) is 5.10 Å². The van der Waals surface area contributed by atoms with Crippen LogP contribution in [0.2, 0.25) is 0 Å². The fourth-order valence-corrected chi connectivity index (χ4v) is 3.71. The van der Waals surface area contributed by atoms with Crippen LogP contribution in [0.5, 0.6) is 0 Å². The first-order valence-electron chi connectivity index (χ1n) is 10.4. The molecule has 1 fully saturated rings. The van der Waals surface area contributed by atoms with Gasteiger partial charge in [-0.2, -0.15) is 0 Å². The van der Waals surface area contributed by atoms with E-state index in [0.29, 0.717) is 11.5 Å². The molecular formula is C24H22N6O. The van der Waals surface area contributed by atoms with Gasteiger partial charge in [-0.25, -0.2) is 14.6 Å². The van der Waals surface area contributed by atoms with Gasteiger partial charge < -0.3 is 10.2 Å². The summed E-state index contributed by atoms with van der Waals surface area (Å²) in [5.41, 5.74) is 2.34. The molecule has 4 aromatic rings. The maximum atomic E-state index is 12.9. The average Bonchev–Trinajstić information content (AvgIpc) is 3.52. The Hall–Kier alpha value is -4.00. The van der Waals surface area contributed by atoms with Crippen LogP contribution < -0.4 is 10.2 Å². The highest BCUT2D eigenvalue weighted by atomic mass is 16.2. The summed E-state index contributed by atoms with van der Waals surface area (Å²) >= 11 is 0. The van der Waals surface area contributed by atoms with E-state index in [-0.39, 0.29) is 11.7 Å². The predicted molar refractivity (Wildman–Crippen MR) is 120 cm³/mol. The van der Waals surface area contributed by atoms with Crippen molar-refractivity contribution in [2.24, 2.45) is 0 Å². The number of benzene rings is 2. The topological polar surface area (TPSA) is 75.9 Å². The molecule has 1 amide bonds. The molecule has 0 aliphatic carbocycles. The highest BCUT2D eigenvalue weighted by molar-refractivity contribution is 6.01. The summed E-state index contributed by atoms with van der Waals surface area (Å²) in [6.45, 7) is 2.06. The van der Waals surface area contributed by atoms with E-state index in [1.54, 1.807) is 10.9 Å².